The van der Waals surface area contributed by atoms with Gasteiger partial charge in [-0.25, -0.2) is 4.39 Å². The molecule has 3 aromatic rings. The van der Waals surface area contributed by atoms with E-state index in [4.69, 9.17) is 4.52 Å². The zero-order chi connectivity index (χ0) is 18.4. The van der Waals surface area contributed by atoms with Crippen molar-refractivity contribution in [3.63, 3.8) is 0 Å². The minimum Gasteiger partial charge on any atom is -0.356 e. The van der Waals surface area contributed by atoms with Crippen LogP contribution in [-0.4, -0.2) is 34.2 Å². The molecule has 0 spiro atoms. The molecule has 2 aliphatic rings. The second-order valence-corrected chi connectivity index (χ2v) is 7.82. The summed E-state index contributed by atoms with van der Waals surface area (Å²) < 4.78 is 18.7. The Balaban J connectivity index is 1.25. The van der Waals surface area contributed by atoms with Gasteiger partial charge in [-0.2, -0.15) is 0 Å². The molecule has 0 radical (unpaired) electrons. The zero-order valence-electron chi connectivity index (χ0n) is 15.6. The van der Waals surface area contributed by atoms with Gasteiger partial charge < -0.3 is 4.52 Å². The van der Waals surface area contributed by atoms with Crippen molar-refractivity contribution in [2.45, 2.75) is 44.9 Å². The van der Waals surface area contributed by atoms with Crippen LogP contribution >= 0.6 is 0 Å². The van der Waals surface area contributed by atoms with Crippen molar-refractivity contribution in [1.82, 2.24) is 15.0 Å². The van der Waals surface area contributed by atoms with Gasteiger partial charge in [0.15, 0.2) is 5.58 Å². The highest BCUT2D eigenvalue weighted by Crippen LogP contribution is 2.34. The van der Waals surface area contributed by atoms with E-state index >= 15 is 0 Å². The molecule has 1 unspecified atom stereocenters. The van der Waals surface area contributed by atoms with E-state index in [1.165, 1.54) is 23.3 Å². The van der Waals surface area contributed by atoms with E-state index in [2.05, 4.69) is 46.1 Å². The number of hydrogen-bond donors (Lipinski definition) is 0. The van der Waals surface area contributed by atoms with E-state index < -0.39 is 0 Å². The van der Waals surface area contributed by atoms with Crippen LogP contribution in [0.3, 0.4) is 0 Å². The number of halogens is 1. The summed E-state index contributed by atoms with van der Waals surface area (Å²) in [6, 6.07) is 13.5. The monoisotopic (exact) mass is 365 g/mol. The molecule has 0 amide bonds. The van der Waals surface area contributed by atoms with Crippen LogP contribution in [-0.2, 0) is 13.1 Å². The lowest BCUT2D eigenvalue weighted by Crippen LogP contribution is -2.47. The third kappa shape index (κ3) is 3.05. The summed E-state index contributed by atoms with van der Waals surface area (Å²) in [4.78, 5) is 5.13. The molecule has 3 heterocycles. The maximum Gasteiger partial charge on any atom is 0.170 e. The van der Waals surface area contributed by atoms with E-state index in [0.29, 0.717) is 17.7 Å². The lowest BCUT2D eigenvalue weighted by atomic mass is 9.91. The molecule has 1 fully saturated rings. The smallest absolute Gasteiger partial charge is 0.170 e. The van der Waals surface area contributed by atoms with Gasteiger partial charge in [-0.15, -0.1) is 0 Å². The van der Waals surface area contributed by atoms with Crippen LogP contribution < -0.4 is 0 Å². The summed E-state index contributed by atoms with van der Waals surface area (Å²) >= 11 is 0. The average Bonchev–Trinajstić information content (AvgIpc) is 3.31. The number of rotatable bonds is 3. The number of hydrogen-bond acceptors (Lipinski definition) is 4. The van der Waals surface area contributed by atoms with Gasteiger partial charge in [0.1, 0.15) is 5.82 Å². The quantitative estimate of drug-likeness (QED) is 0.684. The first-order valence-corrected chi connectivity index (χ1v) is 9.79. The molecule has 4 nitrogen and oxygen atoms in total. The molecule has 1 atom stereocenters. The highest BCUT2D eigenvalue weighted by Gasteiger charge is 2.31. The summed E-state index contributed by atoms with van der Waals surface area (Å²) in [6.07, 6.45) is 2.55. The molecule has 0 saturated carbocycles. The summed E-state index contributed by atoms with van der Waals surface area (Å²) in [5, 5.41) is 5.22. The second-order valence-electron chi connectivity index (χ2n) is 7.82. The fraction of sp³-hybridized carbons (Fsp3) is 0.409. The van der Waals surface area contributed by atoms with Gasteiger partial charge in [0.25, 0.3) is 0 Å². The van der Waals surface area contributed by atoms with Crippen molar-refractivity contribution in [3.05, 3.63) is 65.1 Å². The molecule has 5 heteroatoms. The number of piperidine rings is 1. The summed E-state index contributed by atoms with van der Waals surface area (Å²) in [7, 11) is 0. The van der Waals surface area contributed by atoms with Gasteiger partial charge in [0, 0.05) is 43.5 Å². The molecule has 5 rings (SSSR count). The molecule has 140 valence electrons. The Kier molecular flexibility index (Phi) is 4.21. The predicted molar refractivity (Wildman–Crippen MR) is 103 cm³/mol. The molecule has 0 bridgehead atoms. The molecular weight excluding hydrogens is 341 g/mol. The van der Waals surface area contributed by atoms with E-state index in [0.717, 1.165) is 50.1 Å². The fourth-order valence-corrected chi connectivity index (χ4v) is 4.63. The minimum atomic E-state index is -0.277. The predicted octanol–water partition coefficient (Wildman–Crippen LogP) is 4.51. The number of likely N-dealkylation sites (tertiary alicyclic amines) is 1. The Morgan fingerprint density at radius 1 is 1.04 bits per heavy atom. The Bertz CT molecular complexity index is 936. The first-order valence-electron chi connectivity index (χ1n) is 9.79. The van der Waals surface area contributed by atoms with Crippen LogP contribution in [0.1, 0.15) is 42.5 Å². The van der Waals surface area contributed by atoms with Crippen LogP contribution in [0.4, 0.5) is 4.39 Å². The molecule has 2 aromatic carbocycles. The lowest BCUT2D eigenvalue weighted by Gasteiger charge is -2.39. The maximum atomic E-state index is 13.4. The van der Waals surface area contributed by atoms with Crippen LogP contribution in [0.5, 0.6) is 0 Å². The summed E-state index contributed by atoms with van der Waals surface area (Å²) in [5.74, 6) is 0.108. The highest BCUT2D eigenvalue weighted by atomic mass is 19.1. The van der Waals surface area contributed by atoms with Crippen LogP contribution in [0.15, 0.2) is 47.0 Å². The van der Waals surface area contributed by atoms with Crippen LogP contribution in [0, 0.1) is 5.82 Å². The van der Waals surface area contributed by atoms with Crippen molar-refractivity contribution in [2.24, 2.45) is 0 Å². The molecule has 1 saturated heterocycles. The van der Waals surface area contributed by atoms with Crippen molar-refractivity contribution < 1.29 is 8.91 Å². The van der Waals surface area contributed by atoms with E-state index in [9.17, 15) is 4.39 Å². The Morgan fingerprint density at radius 2 is 1.74 bits per heavy atom. The normalized spacial score (nSPS) is 20.2. The van der Waals surface area contributed by atoms with Crippen molar-refractivity contribution >= 4 is 11.0 Å². The third-order valence-corrected chi connectivity index (χ3v) is 6.30. The fourth-order valence-electron chi connectivity index (χ4n) is 4.63. The molecule has 0 aliphatic carbocycles. The third-order valence-electron chi connectivity index (χ3n) is 6.30. The molecule has 0 N–H and O–H groups in total. The van der Waals surface area contributed by atoms with Crippen LogP contribution in [0.25, 0.3) is 11.0 Å². The SMILES string of the molecule is CC(N1CCC(c2noc3cc(F)ccc23)CC1)N1Cc2ccccc2C1. The van der Waals surface area contributed by atoms with Crippen molar-refractivity contribution in [1.29, 1.82) is 0 Å². The van der Waals surface area contributed by atoms with Gasteiger partial charge in [-0.3, -0.25) is 9.80 Å². The minimum absolute atomic E-state index is 0.277. The molecule has 27 heavy (non-hydrogen) atoms. The number of aromatic nitrogens is 1. The Labute approximate surface area is 158 Å². The summed E-state index contributed by atoms with van der Waals surface area (Å²) in [6.45, 7) is 6.50. The van der Waals surface area contributed by atoms with Gasteiger partial charge in [-0.1, -0.05) is 29.4 Å². The average molecular weight is 365 g/mol. The van der Waals surface area contributed by atoms with E-state index in [-0.39, 0.29) is 5.82 Å². The van der Waals surface area contributed by atoms with Crippen LogP contribution in [0.2, 0.25) is 0 Å². The van der Waals surface area contributed by atoms with Crippen molar-refractivity contribution in [3.8, 4) is 0 Å². The largest absolute Gasteiger partial charge is 0.356 e. The topological polar surface area (TPSA) is 32.5 Å². The first kappa shape index (κ1) is 16.9. The highest BCUT2D eigenvalue weighted by molar-refractivity contribution is 5.79. The van der Waals surface area contributed by atoms with Gasteiger partial charge in [-0.05, 0) is 43.0 Å². The lowest BCUT2D eigenvalue weighted by molar-refractivity contribution is 0.0340. The standard InChI is InChI=1S/C22H24FN3O/c1-15(26-13-17-4-2-3-5-18(17)14-26)25-10-8-16(9-11-25)22-20-7-6-19(23)12-21(20)27-24-22/h2-7,12,15-16H,8-11,13-14H2,1H3. The number of benzene rings is 2. The zero-order valence-corrected chi connectivity index (χ0v) is 15.6. The maximum absolute atomic E-state index is 13.4. The van der Waals surface area contributed by atoms with Gasteiger partial charge in [0.05, 0.1) is 11.9 Å². The molecule has 2 aliphatic heterocycles. The Morgan fingerprint density at radius 3 is 2.44 bits per heavy atom. The van der Waals surface area contributed by atoms with E-state index in [1.807, 2.05) is 0 Å². The van der Waals surface area contributed by atoms with Crippen molar-refractivity contribution in [2.75, 3.05) is 13.1 Å². The number of nitrogens with zero attached hydrogens (tertiary/aromatic N) is 3. The second kappa shape index (κ2) is 6.73. The van der Waals surface area contributed by atoms with Gasteiger partial charge in [0.2, 0.25) is 0 Å². The first-order chi connectivity index (χ1) is 13.2. The van der Waals surface area contributed by atoms with E-state index in [1.54, 1.807) is 6.07 Å². The molecule has 1 aromatic heterocycles. The number of fused-ring (bicyclic) bond motifs is 2. The van der Waals surface area contributed by atoms with Gasteiger partial charge >= 0.3 is 0 Å². The molecular formula is C22H24FN3O. The summed E-state index contributed by atoms with van der Waals surface area (Å²) in [5.41, 5.74) is 4.46. The Hall–Kier alpha value is -2.24.